The van der Waals surface area contributed by atoms with E-state index in [4.69, 9.17) is 4.74 Å². The first-order valence-corrected chi connectivity index (χ1v) is 11.6. The average molecular weight is 424 g/mol. The number of nitrogens with one attached hydrogen (secondary N) is 1. The van der Waals surface area contributed by atoms with Gasteiger partial charge in [0.1, 0.15) is 11.9 Å². The van der Waals surface area contributed by atoms with Crippen molar-refractivity contribution in [3.63, 3.8) is 0 Å². The average Bonchev–Trinajstić information content (AvgIpc) is 3.41. The Bertz CT molecular complexity index is 881. The Morgan fingerprint density at radius 3 is 2.76 bits per heavy atom. The van der Waals surface area contributed by atoms with E-state index in [-0.39, 0.29) is 30.6 Å². The second-order valence-electron chi connectivity index (χ2n) is 8.69. The molecule has 1 saturated carbocycles. The van der Waals surface area contributed by atoms with Crippen LogP contribution in [0, 0.1) is 17.2 Å². The molecule has 0 unspecified atom stereocenters. The summed E-state index contributed by atoms with van der Waals surface area (Å²) in [6.45, 7) is 2.27. The van der Waals surface area contributed by atoms with Crippen molar-refractivity contribution in [2.75, 3.05) is 47.5 Å². The molecule has 1 spiro atoms. The summed E-state index contributed by atoms with van der Waals surface area (Å²) in [4.78, 5) is 27.3. The molecule has 0 bridgehead atoms. The van der Waals surface area contributed by atoms with Gasteiger partial charge >= 0.3 is 6.09 Å². The summed E-state index contributed by atoms with van der Waals surface area (Å²) in [5.41, 5.74) is 1.10. The third-order valence-corrected chi connectivity index (χ3v) is 8.03. The van der Waals surface area contributed by atoms with Crippen LogP contribution in [0.1, 0.15) is 20.7 Å². The molecule has 1 N–H and O–H groups in total. The zero-order valence-corrected chi connectivity index (χ0v) is 16.9. The van der Waals surface area contributed by atoms with Gasteiger partial charge in [0.25, 0.3) is 0 Å². The molecule has 4 fully saturated rings. The molecule has 29 heavy (non-hydrogen) atoms. The number of carbonyl (C=O) groups excluding carboxylic acids is 2. The van der Waals surface area contributed by atoms with Crippen LogP contribution in [-0.2, 0) is 20.3 Å². The highest BCUT2D eigenvalue weighted by molar-refractivity contribution is 7.86. The lowest BCUT2D eigenvalue weighted by molar-refractivity contribution is -0.122. The maximum atomic E-state index is 14.7. The minimum Gasteiger partial charge on any atom is -0.444 e. The smallest absolute Gasteiger partial charge is 0.414 e. The molecule has 1 aromatic carbocycles. The topological polar surface area (TPSA) is 79.0 Å². The van der Waals surface area contributed by atoms with Crippen molar-refractivity contribution < 1.29 is 24.4 Å². The number of ether oxygens (including phenoxy) is 1. The molecule has 3 aliphatic heterocycles. The monoisotopic (exact) mass is 423 g/mol. The van der Waals surface area contributed by atoms with Gasteiger partial charge in [-0.1, -0.05) is 0 Å². The van der Waals surface area contributed by atoms with Crippen molar-refractivity contribution in [2.45, 2.75) is 25.4 Å². The molecule has 4 aliphatic rings. The number of anilines is 2. The molecule has 1 aliphatic carbocycles. The Labute approximate surface area is 172 Å². The number of cyclic esters (lactones) is 1. The summed E-state index contributed by atoms with van der Waals surface area (Å²) in [6.07, 6.45) is 1.64. The highest BCUT2D eigenvalue weighted by Crippen LogP contribution is 2.43. The maximum Gasteiger partial charge on any atom is 0.414 e. The number of carbonyl (C=O) groups is 2. The fraction of sp³-hybridized carbons (Fsp3) is 0.600. The molecule has 3 saturated heterocycles. The minimum atomic E-state index is -0.706. The van der Waals surface area contributed by atoms with E-state index in [2.05, 4.69) is 5.32 Å². The molecule has 2 amide bonds. The van der Waals surface area contributed by atoms with Crippen molar-refractivity contribution in [1.29, 1.82) is 0 Å². The first kappa shape index (κ1) is 18.8. The SMILES string of the molecule is O=C(NCC[C@H]1CN(c2ccc(N3CC4(C3)CS(=O)C4)c(F)c2)C(=O)O1)C1CC1.[HH]. The minimum absolute atomic E-state index is 0. The first-order valence-electron chi connectivity index (χ1n) is 10.1. The summed E-state index contributed by atoms with van der Waals surface area (Å²) >= 11 is 0. The molecule has 9 heteroatoms. The summed E-state index contributed by atoms with van der Waals surface area (Å²) in [6, 6.07) is 4.81. The van der Waals surface area contributed by atoms with Crippen LogP contribution in [0.5, 0.6) is 0 Å². The maximum absolute atomic E-state index is 14.7. The van der Waals surface area contributed by atoms with Crippen LogP contribution < -0.4 is 15.1 Å². The van der Waals surface area contributed by atoms with E-state index >= 15 is 0 Å². The van der Waals surface area contributed by atoms with Gasteiger partial charge in [-0.15, -0.1) is 0 Å². The normalized spacial score (nSPS) is 25.6. The van der Waals surface area contributed by atoms with E-state index in [9.17, 15) is 18.2 Å². The lowest BCUT2D eigenvalue weighted by atomic mass is 9.82. The molecule has 0 radical (unpaired) electrons. The summed E-state index contributed by atoms with van der Waals surface area (Å²) < 4.78 is 31.4. The summed E-state index contributed by atoms with van der Waals surface area (Å²) in [7, 11) is -0.706. The molecule has 5 rings (SSSR count). The number of hydrogen-bond donors (Lipinski definition) is 1. The Morgan fingerprint density at radius 1 is 1.34 bits per heavy atom. The standard InChI is InChI=1S/C20H24FN3O4S.H2/c21-16-7-14(3-4-17(16)23-9-20(10-23)11-29(27)12-20)24-8-15(28-19(24)26)5-6-22-18(25)13-1-2-13;/h3-4,7,13,15H,1-2,5-6,8-12H2,(H,22,25);1H/t15-;/m0./s1. The van der Waals surface area contributed by atoms with Crippen LogP contribution in [0.3, 0.4) is 0 Å². The van der Waals surface area contributed by atoms with Gasteiger partial charge in [-0.25, -0.2) is 9.18 Å². The van der Waals surface area contributed by atoms with Gasteiger partial charge in [-0.3, -0.25) is 13.9 Å². The van der Waals surface area contributed by atoms with E-state index < -0.39 is 16.9 Å². The van der Waals surface area contributed by atoms with E-state index in [0.717, 1.165) is 25.9 Å². The van der Waals surface area contributed by atoms with Crippen LogP contribution in [0.4, 0.5) is 20.6 Å². The molecular weight excluding hydrogens is 397 g/mol. The lowest BCUT2D eigenvalue weighted by Crippen LogP contribution is -2.67. The highest BCUT2D eigenvalue weighted by Gasteiger charge is 2.52. The van der Waals surface area contributed by atoms with Crippen molar-refractivity contribution >= 4 is 34.2 Å². The van der Waals surface area contributed by atoms with E-state index in [1.54, 1.807) is 12.1 Å². The summed E-state index contributed by atoms with van der Waals surface area (Å²) in [5, 5.41) is 2.87. The largest absolute Gasteiger partial charge is 0.444 e. The fourth-order valence-corrected chi connectivity index (χ4v) is 6.05. The zero-order chi connectivity index (χ0) is 20.2. The Kier molecular flexibility index (Phi) is 4.53. The zero-order valence-electron chi connectivity index (χ0n) is 16.1. The number of hydrogen-bond acceptors (Lipinski definition) is 5. The van der Waals surface area contributed by atoms with E-state index in [0.29, 0.717) is 42.4 Å². The number of halogens is 1. The van der Waals surface area contributed by atoms with Gasteiger partial charge < -0.3 is 15.0 Å². The first-order chi connectivity index (χ1) is 13.9. The van der Waals surface area contributed by atoms with Crippen LogP contribution >= 0.6 is 0 Å². The number of nitrogens with zero attached hydrogens (tertiary/aromatic N) is 2. The third-order valence-electron chi connectivity index (χ3n) is 6.16. The van der Waals surface area contributed by atoms with Crippen LogP contribution in [0.25, 0.3) is 0 Å². The van der Waals surface area contributed by atoms with Crippen molar-refractivity contribution in [3.05, 3.63) is 24.0 Å². The van der Waals surface area contributed by atoms with Gasteiger partial charge in [0.2, 0.25) is 5.91 Å². The second-order valence-corrected chi connectivity index (χ2v) is 10.1. The third kappa shape index (κ3) is 3.60. The molecule has 0 aromatic heterocycles. The molecule has 7 nitrogen and oxygen atoms in total. The number of rotatable bonds is 6. The molecule has 1 aromatic rings. The molecule has 158 valence electrons. The van der Waals surface area contributed by atoms with Crippen LogP contribution in [0.15, 0.2) is 18.2 Å². The number of amides is 2. The Balaban J connectivity index is 0.00000218. The van der Waals surface area contributed by atoms with Crippen molar-refractivity contribution in [2.24, 2.45) is 11.3 Å². The second kappa shape index (κ2) is 6.97. The Morgan fingerprint density at radius 2 is 2.10 bits per heavy atom. The van der Waals surface area contributed by atoms with Gasteiger partial charge in [0.05, 0.1) is 17.9 Å². The Hall–Kier alpha value is -2.16. The van der Waals surface area contributed by atoms with Gasteiger partial charge in [-0.05, 0) is 31.0 Å². The van der Waals surface area contributed by atoms with Gasteiger partial charge in [-0.2, -0.15) is 0 Å². The van der Waals surface area contributed by atoms with Crippen molar-refractivity contribution in [3.8, 4) is 0 Å². The van der Waals surface area contributed by atoms with Crippen molar-refractivity contribution in [1.82, 2.24) is 5.32 Å². The fourth-order valence-electron chi connectivity index (χ4n) is 4.41. The molecule has 3 heterocycles. The molecule has 1 atom stereocenters. The van der Waals surface area contributed by atoms with E-state index in [1.807, 2.05) is 4.90 Å². The van der Waals surface area contributed by atoms with Crippen LogP contribution in [-0.4, -0.2) is 60.0 Å². The predicted octanol–water partition coefficient (Wildman–Crippen LogP) is 1.88. The lowest BCUT2D eigenvalue weighted by Gasteiger charge is -2.55. The predicted molar refractivity (Wildman–Crippen MR) is 109 cm³/mol. The number of benzene rings is 1. The summed E-state index contributed by atoms with van der Waals surface area (Å²) in [5.74, 6) is 1.29. The van der Waals surface area contributed by atoms with E-state index in [1.165, 1.54) is 11.0 Å². The quantitative estimate of drug-likeness (QED) is 0.756. The van der Waals surface area contributed by atoms with Crippen LogP contribution in [0.2, 0.25) is 0 Å². The van der Waals surface area contributed by atoms with Gasteiger partial charge in [0, 0.05) is 61.1 Å². The molecular formula is C20H26FN3O4S. The highest BCUT2D eigenvalue weighted by atomic mass is 32.2. The van der Waals surface area contributed by atoms with Gasteiger partial charge in [0.15, 0.2) is 0 Å².